The maximum atomic E-state index is 12.7. The van der Waals surface area contributed by atoms with Gasteiger partial charge in [-0.2, -0.15) is 0 Å². The molecule has 0 saturated carbocycles. The van der Waals surface area contributed by atoms with Crippen molar-refractivity contribution in [3.05, 3.63) is 170 Å². The summed E-state index contributed by atoms with van der Waals surface area (Å²) >= 11 is 0. The van der Waals surface area contributed by atoms with Crippen LogP contribution in [0.5, 0.6) is 0 Å². The van der Waals surface area contributed by atoms with E-state index < -0.39 is 12.1 Å². The third-order valence-electron chi connectivity index (χ3n) is 11.2. The first kappa shape index (κ1) is 67.8. The van der Waals surface area contributed by atoms with Crippen LogP contribution in [-0.4, -0.2) is 37.2 Å². The first-order chi connectivity index (χ1) is 36.0. The Morgan fingerprint density at radius 1 is 0.288 bits per heavy atom. The second kappa shape index (κ2) is 59.3. The molecule has 6 nitrogen and oxygen atoms in total. The lowest BCUT2D eigenvalue weighted by molar-refractivity contribution is -0.166. The monoisotopic (exact) mass is 1000 g/mol. The molecule has 0 aromatic rings. The van der Waals surface area contributed by atoms with E-state index in [0.717, 1.165) is 154 Å². The van der Waals surface area contributed by atoms with E-state index in [9.17, 15) is 14.4 Å². The van der Waals surface area contributed by atoms with Crippen LogP contribution in [0, 0.1) is 0 Å². The first-order valence-corrected chi connectivity index (χ1v) is 28.6. The van der Waals surface area contributed by atoms with Crippen molar-refractivity contribution in [2.24, 2.45) is 0 Å². The molecule has 406 valence electrons. The number of unbranched alkanes of at least 4 members (excludes halogenated alkanes) is 10. The van der Waals surface area contributed by atoms with Crippen molar-refractivity contribution in [1.82, 2.24) is 0 Å². The Balaban J connectivity index is 4.25. The molecule has 0 amide bonds. The predicted molar refractivity (Wildman–Crippen MR) is 315 cm³/mol. The Morgan fingerprint density at radius 3 is 0.890 bits per heavy atom. The van der Waals surface area contributed by atoms with Gasteiger partial charge in [0, 0.05) is 19.3 Å². The Bertz CT molecular complexity index is 1720. The molecule has 0 aliphatic carbocycles. The zero-order valence-electron chi connectivity index (χ0n) is 46.3. The van der Waals surface area contributed by atoms with Gasteiger partial charge in [-0.05, 0) is 122 Å². The van der Waals surface area contributed by atoms with Crippen molar-refractivity contribution in [1.29, 1.82) is 0 Å². The van der Waals surface area contributed by atoms with Crippen LogP contribution in [0.2, 0.25) is 0 Å². The van der Waals surface area contributed by atoms with Crippen molar-refractivity contribution in [2.45, 2.75) is 219 Å². The van der Waals surface area contributed by atoms with Gasteiger partial charge in [-0.1, -0.05) is 242 Å². The van der Waals surface area contributed by atoms with Gasteiger partial charge in [0.15, 0.2) is 6.10 Å². The fraction of sp³-hybridized carbons (Fsp3) is 0.537. The van der Waals surface area contributed by atoms with E-state index in [1.165, 1.54) is 12.8 Å². The van der Waals surface area contributed by atoms with Gasteiger partial charge in [-0.3, -0.25) is 14.4 Å². The molecule has 1 atom stereocenters. The summed E-state index contributed by atoms with van der Waals surface area (Å²) in [6.07, 6.45) is 88.3. The number of rotatable bonds is 49. The summed E-state index contributed by atoms with van der Waals surface area (Å²) in [7, 11) is 0. The minimum absolute atomic E-state index is 0.121. The summed E-state index contributed by atoms with van der Waals surface area (Å²) in [5.74, 6) is -1.05. The third-order valence-corrected chi connectivity index (χ3v) is 11.2. The van der Waals surface area contributed by atoms with E-state index in [4.69, 9.17) is 14.2 Å². The van der Waals surface area contributed by atoms with E-state index >= 15 is 0 Å². The lowest BCUT2D eigenvalue weighted by atomic mass is 10.1. The molecule has 0 rings (SSSR count). The first-order valence-electron chi connectivity index (χ1n) is 28.6. The van der Waals surface area contributed by atoms with E-state index in [2.05, 4.69) is 179 Å². The second-order valence-electron chi connectivity index (χ2n) is 18.1. The molecular weight excluding hydrogens is 901 g/mol. The van der Waals surface area contributed by atoms with E-state index in [1.807, 2.05) is 12.2 Å². The Morgan fingerprint density at radius 2 is 0.562 bits per heavy atom. The molecule has 0 aliphatic rings. The lowest BCUT2D eigenvalue weighted by Gasteiger charge is -2.18. The highest BCUT2D eigenvalue weighted by molar-refractivity contribution is 5.71. The number of hydrogen-bond donors (Lipinski definition) is 0. The highest BCUT2D eigenvalue weighted by atomic mass is 16.6. The normalized spacial score (nSPS) is 13.4. The van der Waals surface area contributed by atoms with Crippen LogP contribution >= 0.6 is 0 Å². The van der Waals surface area contributed by atoms with Crippen LogP contribution in [0.1, 0.15) is 213 Å². The molecular formula is C67H102O6. The fourth-order valence-electron chi connectivity index (χ4n) is 7.01. The number of hydrogen-bond acceptors (Lipinski definition) is 6. The molecule has 0 saturated heterocycles. The van der Waals surface area contributed by atoms with Gasteiger partial charge in [0.1, 0.15) is 13.2 Å². The highest BCUT2D eigenvalue weighted by Gasteiger charge is 2.19. The van der Waals surface area contributed by atoms with Gasteiger partial charge < -0.3 is 14.2 Å². The number of carbonyl (C=O) groups is 3. The highest BCUT2D eigenvalue weighted by Crippen LogP contribution is 2.12. The Hall–Kier alpha value is -5.23. The van der Waals surface area contributed by atoms with Crippen molar-refractivity contribution >= 4 is 17.9 Å². The smallest absolute Gasteiger partial charge is 0.306 e. The van der Waals surface area contributed by atoms with Crippen LogP contribution in [0.25, 0.3) is 0 Å². The van der Waals surface area contributed by atoms with E-state index in [1.54, 1.807) is 0 Å². The van der Waals surface area contributed by atoms with Crippen molar-refractivity contribution in [3.63, 3.8) is 0 Å². The predicted octanol–water partition coefficient (Wildman–Crippen LogP) is 19.5. The topological polar surface area (TPSA) is 78.9 Å². The molecule has 1 unspecified atom stereocenters. The molecule has 0 fully saturated rings. The minimum atomic E-state index is -0.829. The molecule has 0 bridgehead atoms. The maximum absolute atomic E-state index is 12.7. The number of ether oxygens (including phenoxy) is 3. The molecule has 0 aliphatic heterocycles. The summed E-state index contributed by atoms with van der Waals surface area (Å²) in [4.78, 5) is 37.7. The number of carbonyl (C=O) groups excluding carboxylic acids is 3. The largest absolute Gasteiger partial charge is 0.462 e. The van der Waals surface area contributed by atoms with Gasteiger partial charge in [0.05, 0.1) is 0 Å². The van der Waals surface area contributed by atoms with Crippen molar-refractivity contribution < 1.29 is 28.6 Å². The van der Waals surface area contributed by atoms with Gasteiger partial charge >= 0.3 is 17.9 Å². The van der Waals surface area contributed by atoms with E-state index in [-0.39, 0.29) is 31.6 Å². The van der Waals surface area contributed by atoms with Crippen molar-refractivity contribution in [2.75, 3.05) is 13.2 Å². The quantitative estimate of drug-likeness (QED) is 0.0261. The molecule has 0 heterocycles. The standard InChI is InChI=1S/C67H102O6/c1-4-7-10-13-15-17-19-21-23-25-27-28-29-30-31-32-33-34-35-36-37-38-40-41-43-45-47-49-51-54-57-60-66(69)72-63-64(62-71-65(68)59-56-53-12-9-6-3)73-67(70)61-58-55-52-50-48-46-44-42-39-26-24-22-20-18-16-14-11-8-5-2/h7-8,10-11,15-18,21-24,27-28,30-31,33-34,36-37,39-42,46,48,52,55,64H,4-6,9,12-14,19-20,25-26,29,32,35,38,43-45,47,49-51,53-54,56-63H2,1-3H3/b10-7-,11-8-,17-15-,18-16-,23-21-,24-22-,28-27-,31-30-,34-33-,37-36-,41-40-,42-39-,48-46-,55-52-. The summed E-state index contributed by atoms with van der Waals surface area (Å²) in [6, 6.07) is 0. The fourth-order valence-corrected chi connectivity index (χ4v) is 7.01. The van der Waals surface area contributed by atoms with Gasteiger partial charge in [-0.15, -0.1) is 0 Å². The van der Waals surface area contributed by atoms with Gasteiger partial charge in [0.2, 0.25) is 0 Å². The number of allylic oxidation sites excluding steroid dienone is 28. The average molecular weight is 1000 g/mol. The van der Waals surface area contributed by atoms with E-state index in [0.29, 0.717) is 19.3 Å². The van der Waals surface area contributed by atoms with Gasteiger partial charge in [0.25, 0.3) is 0 Å². The third kappa shape index (κ3) is 57.5. The van der Waals surface area contributed by atoms with Gasteiger partial charge in [-0.25, -0.2) is 0 Å². The second-order valence-corrected chi connectivity index (χ2v) is 18.1. The molecule has 73 heavy (non-hydrogen) atoms. The average Bonchev–Trinajstić information content (AvgIpc) is 3.39. The van der Waals surface area contributed by atoms with Crippen LogP contribution < -0.4 is 0 Å². The molecule has 0 radical (unpaired) electrons. The van der Waals surface area contributed by atoms with Crippen LogP contribution in [0.15, 0.2) is 170 Å². The zero-order valence-corrected chi connectivity index (χ0v) is 46.3. The van der Waals surface area contributed by atoms with Crippen molar-refractivity contribution in [3.8, 4) is 0 Å². The van der Waals surface area contributed by atoms with Crippen LogP contribution in [-0.2, 0) is 28.6 Å². The number of esters is 3. The maximum Gasteiger partial charge on any atom is 0.306 e. The van der Waals surface area contributed by atoms with Crippen LogP contribution in [0.3, 0.4) is 0 Å². The molecule has 6 heteroatoms. The summed E-state index contributed by atoms with van der Waals surface area (Å²) in [5, 5.41) is 0. The molecule has 0 N–H and O–H groups in total. The minimum Gasteiger partial charge on any atom is -0.462 e. The molecule has 0 aromatic heterocycles. The summed E-state index contributed by atoms with van der Waals surface area (Å²) < 4.78 is 16.6. The molecule has 0 spiro atoms. The molecule has 0 aromatic carbocycles. The SMILES string of the molecule is CC/C=C\C/C=C\C/C=C\C/C=C\C/C=C\C/C=C\C/C=C\C/C=C\CCCCCCCCC(=O)OCC(COC(=O)CCCCCCC)OC(=O)CC/C=C\C/C=C\C/C=C\C/C=C\C/C=C\C/C=C\CC. The Labute approximate surface area is 447 Å². The van der Waals surface area contributed by atoms with Crippen LogP contribution in [0.4, 0.5) is 0 Å². The zero-order chi connectivity index (χ0) is 52.9. The summed E-state index contributed by atoms with van der Waals surface area (Å²) in [5.41, 5.74) is 0. The lowest BCUT2D eigenvalue weighted by Crippen LogP contribution is -2.30. The summed E-state index contributed by atoms with van der Waals surface area (Å²) in [6.45, 7) is 6.22. The Kier molecular flexibility index (Phi) is 55.1.